The molecule has 1 heterocycles. The summed E-state index contributed by atoms with van der Waals surface area (Å²) in [5.41, 5.74) is -0.255. The van der Waals surface area contributed by atoms with E-state index in [0.29, 0.717) is 11.7 Å². The summed E-state index contributed by atoms with van der Waals surface area (Å²) in [4.78, 5) is 34.1. The maximum atomic E-state index is 11.5. The Kier molecular flexibility index (Phi) is 4.25. The van der Waals surface area contributed by atoms with Crippen LogP contribution in [0.25, 0.3) is 0 Å². The van der Waals surface area contributed by atoms with Crippen LogP contribution in [-0.2, 0) is 4.79 Å². The summed E-state index contributed by atoms with van der Waals surface area (Å²) in [6.07, 6.45) is 1.91. The van der Waals surface area contributed by atoms with E-state index in [2.05, 4.69) is 20.8 Å². The van der Waals surface area contributed by atoms with Gasteiger partial charge in [-0.3, -0.25) is 14.7 Å². The van der Waals surface area contributed by atoms with Crippen molar-refractivity contribution in [3.63, 3.8) is 0 Å². The molecule has 0 aromatic carbocycles. The summed E-state index contributed by atoms with van der Waals surface area (Å²) in [6, 6.07) is -0.324. The fourth-order valence-corrected chi connectivity index (χ4v) is 2.36. The lowest BCUT2D eigenvalue weighted by atomic mass is 10.6. The number of amides is 3. The lowest BCUT2D eigenvalue weighted by Gasteiger charge is -2.05. The van der Waals surface area contributed by atoms with Crippen molar-refractivity contribution in [3.05, 3.63) is 10.5 Å². The summed E-state index contributed by atoms with van der Waals surface area (Å²) in [6.45, 7) is 2.21. The Balaban J connectivity index is 1.87. The zero-order valence-corrected chi connectivity index (χ0v) is 11.2. The van der Waals surface area contributed by atoms with Crippen molar-refractivity contribution in [2.45, 2.75) is 31.0 Å². The third kappa shape index (κ3) is 3.60. The topological polar surface area (TPSA) is 109 Å². The highest BCUT2D eigenvalue weighted by Crippen LogP contribution is 2.35. The summed E-state index contributed by atoms with van der Waals surface area (Å²) in [5.74, 6) is -0.387. The van der Waals surface area contributed by atoms with Crippen molar-refractivity contribution in [1.29, 1.82) is 0 Å². The molecule has 9 heteroatoms. The minimum Gasteiger partial charge on any atom is -0.338 e. The maximum absolute atomic E-state index is 11.5. The summed E-state index contributed by atoms with van der Waals surface area (Å²) < 4.78 is 1.56. The Labute approximate surface area is 113 Å². The molecule has 0 saturated heterocycles. The highest BCUT2D eigenvalue weighted by atomic mass is 32.2. The van der Waals surface area contributed by atoms with Gasteiger partial charge in [0.2, 0.25) is 5.91 Å². The Morgan fingerprint density at radius 1 is 1.53 bits per heavy atom. The highest BCUT2D eigenvalue weighted by molar-refractivity contribution is 7.99. The van der Waals surface area contributed by atoms with Crippen LogP contribution in [0.5, 0.6) is 0 Å². The van der Waals surface area contributed by atoms with Gasteiger partial charge in [-0.05, 0) is 19.8 Å². The van der Waals surface area contributed by atoms with E-state index in [1.54, 1.807) is 11.5 Å². The molecule has 1 aliphatic carbocycles. The second-order valence-corrected chi connectivity index (χ2v) is 5.05. The molecule has 8 nitrogen and oxygen atoms in total. The van der Waals surface area contributed by atoms with Crippen LogP contribution in [0.15, 0.2) is 9.95 Å². The van der Waals surface area contributed by atoms with Crippen molar-refractivity contribution in [2.75, 3.05) is 12.3 Å². The van der Waals surface area contributed by atoms with Crippen molar-refractivity contribution in [1.82, 2.24) is 25.4 Å². The number of nitrogens with zero attached hydrogens (tertiary/aromatic N) is 2. The fraction of sp³-hybridized carbons (Fsp3) is 0.600. The quantitative estimate of drug-likeness (QED) is 0.652. The minimum atomic E-state index is -0.519. The second-order valence-electron chi connectivity index (χ2n) is 4.11. The van der Waals surface area contributed by atoms with Gasteiger partial charge < -0.3 is 5.32 Å². The molecule has 0 atom stereocenters. The number of carbonyl (C=O) groups excluding carboxylic acids is 2. The number of imide groups is 1. The van der Waals surface area contributed by atoms with Gasteiger partial charge in [-0.2, -0.15) is 0 Å². The largest absolute Gasteiger partial charge is 0.344 e. The molecule has 3 N–H and O–H groups in total. The van der Waals surface area contributed by atoms with Crippen molar-refractivity contribution in [2.24, 2.45) is 0 Å². The van der Waals surface area contributed by atoms with E-state index in [1.807, 2.05) is 0 Å². The molecule has 0 radical (unpaired) electrons. The van der Waals surface area contributed by atoms with Crippen molar-refractivity contribution in [3.8, 4) is 0 Å². The van der Waals surface area contributed by atoms with Crippen LogP contribution in [0.1, 0.15) is 25.8 Å². The number of nitrogens with one attached hydrogen (secondary N) is 3. The number of urea groups is 1. The number of hydrogen-bond donors (Lipinski definition) is 3. The molecule has 0 spiro atoms. The van der Waals surface area contributed by atoms with E-state index < -0.39 is 11.9 Å². The predicted octanol–water partition coefficient (Wildman–Crippen LogP) is -0.156. The van der Waals surface area contributed by atoms with Crippen LogP contribution in [0.3, 0.4) is 0 Å². The molecule has 104 valence electrons. The predicted molar refractivity (Wildman–Crippen MR) is 69.1 cm³/mol. The zero-order chi connectivity index (χ0) is 13.8. The van der Waals surface area contributed by atoms with Gasteiger partial charge in [-0.25, -0.2) is 14.7 Å². The monoisotopic (exact) mass is 285 g/mol. The highest BCUT2D eigenvalue weighted by Gasteiger charge is 2.28. The van der Waals surface area contributed by atoms with Gasteiger partial charge >= 0.3 is 11.7 Å². The van der Waals surface area contributed by atoms with Gasteiger partial charge in [0.1, 0.15) is 0 Å². The molecule has 1 aliphatic rings. The van der Waals surface area contributed by atoms with E-state index in [4.69, 9.17) is 0 Å². The van der Waals surface area contributed by atoms with Gasteiger partial charge in [0.25, 0.3) is 0 Å². The molecule has 0 aliphatic heterocycles. The van der Waals surface area contributed by atoms with E-state index in [-0.39, 0.29) is 17.5 Å². The first kappa shape index (κ1) is 13.7. The van der Waals surface area contributed by atoms with Crippen molar-refractivity contribution < 1.29 is 9.59 Å². The molecule has 1 aromatic rings. The first-order valence-corrected chi connectivity index (χ1v) is 6.97. The number of thioether (sulfide) groups is 1. The van der Waals surface area contributed by atoms with Crippen molar-refractivity contribution >= 4 is 23.7 Å². The molecular formula is C10H15N5O3S. The first-order chi connectivity index (χ1) is 9.11. The van der Waals surface area contributed by atoms with Gasteiger partial charge in [-0.15, -0.1) is 5.10 Å². The van der Waals surface area contributed by atoms with E-state index in [0.717, 1.165) is 24.6 Å². The Bertz CT molecular complexity index is 534. The van der Waals surface area contributed by atoms with Crippen LogP contribution >= 0.6 is 11.8 Å². The average molecular weight is 285 g/mol. The van der Waals surface area contributed by atoms with E-state index in [9.17, 15) is 14.4 Å². The van der Waals surface area contributed by atoms with E-state index >= 15 is 0 Å². The smallest absolute Gasteiger partial charge is 0.338 e. The third-order valence-corrected chi connectivity index (χ3v) is 3.46. The number of H-pyrrole nitrogens is 1. The van der Waals surface area contributed by atoms with Gasteiger partial charge in [-0.1, -0.05) is 11.8 Å². The maximum Gasteiger partial charge on any atom is 0.344 e. The molecule has 0 unspecified atom stereocenters. The number of rotatable bonds is 5. The average Bonchev–Trinajstić information content (AvgIpc) is 3.11. The molecule has 0 bridgehead atoms. The lowest BCUT2D eigenvalue weighted by molar-refractivity contribution is -0.117. The van der Waals surface area contributed by atoms with E-state index in [1.165, 1.54) is 0 Å². The third-order valence-electron chi connectivity index (χ3n) is 2.51. The molecule has 3 amide bonds. The normalized spacial score (nSPS) is 14.2. The molecule has 1 saturated carbocycles. The summed E-state index contributed by atoms with van der Waals surface area (Å²) in [5, 5.41) is 11.4. The van der Waals surface area contributed by atoms with Crippen LogP contribution in [-0.4, -0.2) is 39.0 Å². The zero-order valence-electron chi connectivity index (χ0n) is 10.4. The number of carbonyl (C=O) groups is 2. The molecule has 19 heavy (non-hydrogen) atoms. The number of aromatic amines is 1. The first-order valence-electron chi connectivity index (χ1n) is 5.99. The molecule has 1 aromatic heterocycles. The Morgan fingerprint density at radius 3 is 2.89 bits per heavy atom. The second kappa shape index (κ2) is 5.91. The standard InChI is InChI=1S/C10H15N5O3S/c1-2-11-8(17)12-7(16)5-19-10-14-13-9(18)15(10)6-3-4-6/h6H,2-5H2,1H3,(H,13,18)(H2,11,12,16,17). The number of hydrogen-bond acceptors (Lipinski definition) is 5. The fourth-order valence-electron chi connectivity index (χ4n) is 1.54. The van der Waals surface area contributed by atoms with Crippen LogP contribution in [0, 0.1) is 0 Å². The van der Waals surface area contributed by atoms with Gasteiger partial charge in [0.05, 0.1) is 5.75 Å². The van der Waals surface area contributed by atoms with Gasteiger partial charge in [0.15, 0.2) is 5.16 Å². The number of aromatic nitrogens is 3. The van der Waals surface area contributed by atoms with Crippen LogP contribution < -0.4 is 16.3 Å². The molecule has 2 rings (SSSR count). The van der Waals surface area contributed by atoms with Gasteiger partial charge in [0, 0.05) is 12.6 Å². The molecule has 1 fully saturated rings. The summed E-state index contributed by atoms with van der Waals surface area (Å²) in [7, 11) is 0. The molecular weight excluding hydrogens is 270 g/mol. The lowest BCUT2D eigenvalue weighted by Crippen LogP contribution is -2.40. The Morgan fingerprint density at radius 2 is 2.26 bits per heavy atom. The SMILES string of the molecule is CCNC(=O)NC(=O)CSc1n[nH]c(=O)n1C1CC1. The summed E-state index contributed by atoms with van der Waals surface area (Å²) >= 11 is 1.13. The Hall–Kier alpha value is -1.77. The van der Waals surface area contributed by atoms with Crippen LogP contribution in [0.4, 0.5) is 4.79 Å². The minimum absolute atomic E-state index is 0.0359. The van der Waals surface area contributed by atoms with Crippen LogP contribution in [0.2, 0.25) is 0 Å².